The summed E-state index contributed by atoms with van der Waals surface area (Å²) in [5.41, 5.74) is 1.97. The SMILES string of the molecule is Cc1nc(Cc2nc(-c3ccc(CC(=O)O)s3)cs2)cs1. The van der Waals surface area contributed by atoms with Crippen molar-refractivity contribution in [1.29, 1.82) is 0 Å². The number of aliphatic carboxylic acids is 1. The number of carboxylic acid groups (broad SMARTS) is 1. The molecule has 3 aromatic heterocycles. The van der Waals surface area contributed by atoms with Crippen LogP contribution in [0.15, 0.2) is 22.9 Å². The Morgan fingerprint density at radius 1 is 1.24 bits per heavy atom. The lowest BCUT2D eigenvalue weighted by Gasteiger charge is -1.92. The fourth-order valence-electron chi connectivity index (χ4n) is 1.91. The molecule has 4 nitrogen and oxygen atoms in total. The van der Waals surface area contributed by atoms with E-state index in [4.69, 9.17) is 5.11 Å². The van der Waals surface area contributed by atoms with Crippen molar-refractivity contribution in [1.82, 2.24) is 9.97 Å². The van der Waals surface area contributed by atoms with Gasteiger partial charge in [-0.15, -0.1) is 34.0 Å². The second-order valence-electron chi connectivity index (χ2n) is 4.50. The van der Waals surface area contributed by atoms with Gasteiger partial charge < -0.3 is 5.11 Å². The highest BCUT2D eigenvalue weighted by Gasteiger charge is 2.10. The van der Waals surface area contributed by atoms with Gasteiger partial charge in [0.25, 0.3) is 0 Å². The van der Waals surface area contributed by atoms with Crippen molar-refractivity contribution < 1.29 is 9.90 Å². The first-order valence-electron chi connectivity index (χ1n) is 6.26. The highest BCUT2D eigenvalue weighted by Crippen LogP contribution is 2.30. The van der Waals surface area contributed by atoms with E-state index in [0.29, 0.717) is 0 Å². The Labute approximate surface area is 133 Å². The Balaban J connectivity index is 1.75. The third-order valence-electron chi connectivity index (χ3n) is 2.79. The zero-order valence-electron chi connectivity index (χ0n) is 11.2. The van der Waals surface area contributed by atoms with Crippen molar-refractivity contribution in [3.05, 3.63) is 43.5 Å². The van der Waals surface area contributed by atoms with Gasteiger partial charge in [-0.05, 0) is 19.1 Å². The van der Waals surface area contributed by atoms with Crippen molar-refractivity contribution in [3.63, 3.8) is 0 Å². The Morgan fingerprint density at radius 3 is 2.81 bits per heavy atom. The number of rotatable bonds is 5. The molecule has 0 aliphatic carbocycles. The van der Waals surface area contributed by atoms with E-state index >= 15 is 0 Å². The predicted octanol–water partition coefficient (Wildman–Crippen LogP) is 3.85. The van der Waals surface area contributed by atoms with E-state index in [0.717, 1.165) is 37.6 Å². The summed E-state index contributed by atoms with van der Waals surface area (Å²) in [5, 5.41) is 15.0. The third kappa shape index (κ3) is 3.55. The van der Waals surface area contributed by atoms with Crippen LogP contribution in [-0.4, -0.2) is 21.0 Å². The number of thiazole rings is 2. The molecule has 0 radical (unpaired) electrons. The number of aromatic nitrogens is 2. The van der Waals surface area contributed by atoms with Crippen molar-refractivity contribution in [2.24, 2.45) is 0 Å². The summed E-state index contributed by atoms with van der Waals surface area (Å²) in [6, 6.07) is 3.80. The lowest BCUT2D eigenvalue weighted by atomic mass is 10.3. The number of nitrogens with zero attached hydrogens (tertiary/aromatic N) is 2. The smallest absolute Gasteiger partial charge is 0.308 e. The lowest BCUT2D eigenvalue weighted by Crippen LogP contribution is -1.96. The molecule has 3 rings (SSSR count). The molecule has 21 heavy (non-hydrogen) atoms. The summed E-state index contributed by atoms with van der Waals surface area (Å²) in [6.45, 7) is 2.00. The summed E-state index contributed by atoms with van der Waals surface area (Å²) in [6.07, 6.45) is 0.822. The van der Waals surface area contributed by atoms with Gasteiger partial charge >= 0.3 is 5.97 Å². The first kappa shape index (κ1) is 14.4. The molecular formula is C14H12N2O2S3. The Bertz CT molecular complexity index is 773. The van der Waals surface area contributed by atoms with Gasteiger partial charge in [0, 0.05) is 22.1 Å². The first-order chi connectivity index (χ1) is 10.1. The van der Waals surface area contributed by atoms with Crippen LogP contribution in [0, 0.1) is 6.92 Å². The molecule has 0 amide bonds. The van der Waals surface area contributed by atoms with Gasteiger partial charge in [0.05, 0.1) is 32.7 Å². The van der Waals surface area contributed by atoms with Gasteiger partial charge in [-0.25, -0.2) is 9.97 Å². The molecule has 3 aromatic rings. The summed E-state index contributed by atoms with van der Waals surface area (Å²) in [4.78, 5) is 21.6. The van der Waals surface area contributed by atoms with Crippen LogP contribution in [0.3, 0.4) is 0 Å². The molecule has 0 fully saturated rings. The maximum absolute atomic E-state index is 10.7. The number of carboxylic acids is 1. The van der Waals surface area contributed by atoms with E-state index in [1.165, 1.54) is 11.3 Å². The van der Waals surface area contributed by atoms with Crippen molar-refractivity contribution in [3.8, 4) is 10.6 Å². The maximum atomic E-state index is 10.7. The fraction of sp³-hybridized carbons (Fsp3) is 0.214. The predicted molar refractivity (Wildman–Crippen MR) is 86.4 cm³/mol. The van der Waals surface area contributed by atoms with Crippen LogP contribution < -0.4 is 0 Å². The minimum atomic E-state index is -0.804. The minimum Gasteiger partial charge on any atom is -0.481 e. The molecule has 0 aliphatic heterocycles. The van der Waals surface area contributed by atoms with Crippen molar-refractivity contribution in [2.75, 3.05) is 0 Å². The van der Waals surface area contributed by atoms with E-state index in [2.05, 4.69) is 15.3 Å². The molecule has 0 aliphatic rings. The Morgan fingerprint density at radius 2 is 2.10 bits per heavy atom. The molecule has 0 spiro atoms. The molecule has 0 saturated heterocycles. The van der Waals surface area contributed by atoms with E-state index in [1.807, 2.05) is 24.4 Å². The van der Waals surface area contributed by atoms with Gasteiger partial charge in [0.2, 0.25) is 0 Å². The van der Waals surface area contributed by atoms with Crippen LogP contribution in [0.1, 0.15) is 20.6 Å². The number of carbonyl (C=O) groups is 1. The van der Waals surface area contributed by atoms with Gasteiger partial charge in [-0.1, -0.05) is 0 Å². The van der Waals surface area contributed by atoms with Crippen LogP contribution in [0.2, 0.25) is 0 Å². The van der Waals surface area contributed by atoms with E-state index < -0.39 is 5.97 Å². The monoisotopic (exact) mass is 336 g/mol. The van der Waals surface area contributed by atoms with E-state index in [-0.39, 0.29) is 6.42 Å². The number of hydrogen-bond acceptors (Lipinski definition) is 6. The summed E-state index contributed by atoms with van der Waals surface area (Å²) in [7, 11) is 0. The summed E-state index contributed by atoms with van der Waals surface area (Å²) >= 11 is 4.75. The molecule has 0 atom stereocenters. The standard InChI is InChI=1S/C14H12N2O2S3/c1-8-15-9(6-19-8)4-13-16-11(7-20-13)12-3-2-10(21-12)5-14(17)18/h2-3,6-7H,4-5H2,1H3,(H,17,18). The second kappa shape index (κ2) is 6.05. The van der Waals surface area contributed by atoms with Crippen molar-refractivity contribution >= 4 is 40.0 Å². The van der Waals surface area contributed by atoms with Crippen LogP contribution in [0.25, 0.3) is 10.6 Å². The molecule has 0 aromatic carbocycles. The average Bonchev–Trinajstić information content (AvgIpc) is 3.11. The molecule has 0 unspecified atom stereocenters. The highest BCUT2D eigenvalue weighted by atomic mass is 32.1. The molecule has 1 N–H and O–H groups in total. The zero-order valence-corrected chi connectivity index (χ0v) is 13.6. The molecule has 3 heterocycles. The van der Waals surface area contributed by atoms with E-state index in [1.54, 1.807) is 22.7 Å². The van der Waals surface area contributed by atoms with Gasteiger partial charge in [-0.3, -0.25) is 4.79 Å². The molecule has 0 saturated carbocycles. The average molecular weight is 336 g/mol. The van der Waals surface area contributed by atoms with Gasteiger partial charge in [0.15, 0.2) is 0 Å². The molecule has 108 valence electrons. The summed E-state index contributed by atoms with van der Waals surface area (Å²) in [5.74, 6) is -0.804. The Hall–Kier alpha value is -1.57. The summed E-state index contributed by atoms with van der Waals surface area (Å²) < 4.78 is 0. The largest absolute Gasteiger partial charge is 0.481 e. The molecular weight excluding hydrogens is 324 g/mol. The minimum absolute atomic E-state index is 0.0692. The first-order valence-corrected chi connectivity index (χ1v) is 8.84. The van der Waals surface area contributed by atoms with Crippen molar-refractivity contribution in [2.45, 2.75) is 19.8 Å². The molecule has 7 heteroatoms. The number of thiophene rings is 1. The number of aryl methyl sites for hydroxylation is 1. The van der Waals surface area contributed by atoms with Gasteiger partial charge in [-0.2, -0.15) is 0 Å². The highest BCUT2D eigenvalue weighted by molar-refractivity contribution is 7.16. The lowest BCUT2D eigenvalue weighted by molar-refractivity contribution is -0.136. The Kier molecular flexibility index (Phi) is 4.14. The van der Waals surface area contributed by atoms with E-state index in [9.17, 15) is 4.79 Å². The zero-order chi connectivity index (χ0) is 14.8. The van der Waals surface area contributed by atoms with Gasteiger partial charge in [0.1, 0.15) is 0 Å². The second-order valence-corrected chi connectivity index (χ2v) is 7.67. The normalized spacial score (nSPS) is 10.9. The van der Waals surface area contributed by atoms with Crippen LogP contribution in [0.5, 0.6) is 0 Å². The van der Waals surface area contributed by atoms with Crippen LogP contribution in [0.4, 0.5) is 0 Å². The van der Waals surface area contributed by atoms with Crippen LogP contribution >= 0.6 is 34.0 Å². The molecule has 0 bridgehead atoms. The quantitative estimate of drug-likeness (QED) is 0.768. The van der Waals surface area contributed by atoms with Crippen LogP contribution in [-0.2, 0) is 17.6 Å². The fourth-order valence-corrected chi connectivity index (χ4v) is 4.37. The maximum Gasteiger partial charge on any atom is 0.308 e. The topological polar surface area (TPSA) is 63.1 Å². The third-order valence-corrected chi connectivity index (χ3v) is 5.57. The number of hydrogen-bond donors (Lipinski definition) is 1.